The quantitative estimate of drug-likeness (QED) is 0.548. The number of pyridine rings is 1. The molecule has 6 nitrogen and oxygen atoms in total. The maximum Gasteiger partial charge on any atom is 0.278 e. The van der Waals surface area contributed by atoms with Crippen LogP contribution in [-0.2, 0) is 0 Å². The highest BCUT2D eigenvalue weighted by Crippen LogP contribution is 2.65. The van der Waals surface area contributed by atoms with Gasteiger partial charge in [-0.3, -0.25) is 14.5 Å². The Labute approximate surface area is 214 Å². The zero-order chi connectivity index (χ0) is 24.9. The first kappa shape index (κ1) is 22.2. The summed E-state index contributed by atoms with van der Waals surface area (Å²) in [7, 11) is 0. The topological polar surface area (TPSA) is 71.0 Å². The Balaban J connectivity index is 1.23. The first-order valence-electron chi connectivity index (χ1n) is 14.2. The van der Waals surface area contributed by atoms with E-state index in [0.717, 1.165) is 48.4 Å². The molecule has 0 radical (unpaired) electrons. The van der Waals surface area contributed by atoms with Gasteiger partial charge in [-0.25, -0.2) is 9.37 Å². The second kappa shape index (κ2) is 7.85. The van der Waals surface area contributed by atoms with E-state index in [0.29, 0.717) is 23.1 Å². The molecule has 2 aliphatic heterocycles. The SMILES string of the molecule is O=c1[nH]cc(F)cc1-c1nc2ccccc2n(C2CC3CCCC(C2)N3C23CC4CC(CC2C4)C3)c1=O. The Morgan fingerprint density at radius 3 is 2.43 bits per heavy atom. The van der Waals surface area contributed by atoms with Gasteiger partial charge in [0, 0.05) is 29.9 Å². The van der Waals surface area contributed by atoms with Gasteiger partial charge >= 0.3 is 0 Å². The normalized spacial score (nSPS) is 36.5. The van der Waals surface area contributed by atoms with E-state index in [4.69, 9.17) is 0 Å². The van der Waals surface area contributed by atoms with Crippen LogP contribution in [0.5, 0.6) is 0 Å². The molecule has 7 heteroatoms. The molecule has 4 saturated carbocycles. The molecule has 9 rings (SSSR count). The van der Waals surface area contributed by atoms with Crippen LogP contribution in [0.3, 0.4) is 0 Å². The molecule has 6 bridgehead atoms. The minimum absolute atomic E-state index is 0.000000311. The lowest BCUT2D eigenvalue weighted by atomic mass is 9.73. The van der Waals surface area contributed by atoms with Gasteiger partial charge in [0.05, 0.1) is 16.6 Å². The molecule has 2 aromatic heterocycles. The summed E-state index contributed by atoms with van der Waals surface area (Å²) in [5.74, 6) is 2.13. The van der Waals surface area contributed by atoms with Crippen LogP contribution in [0.2, 0.25) is 0 Å². The first-order chi connectivity index (χ1) is 18.0. The number of hydrogen-bond acceptors (Lipinski definition) is 4. The average molecular weight is 501 g/mol. The van der Waals surface area contributed by atoms with Crippen LogP contribution in [0.4, 0.5) is 4.39 Å². The fourth-order valence-electron chi connectivity index (χ4n) is 9.79. The number of aromatic nitrogens is 3. The zero-order valence-corrected chi connectivity index (χ0v) is 21.0. The molecular formula is C30H33FN4O2. The zero-order valence-electron chi connectivity index (χ0n) is 21.0. The summed E-state index contributed by atoms with van der Waals surface area (Å²) < 4.78 is 16.0. The number of halogens is 1. The maximum absolute atomic E-state index is 14.1. The summed E-state index contributed by atoms with van der Waals surface area (Å²) in [6.07, 6.45) is 13.7. The van der Waals surface area contributed by atoms with Gasteiger partial charge in [-0.2, -0.15) is 0 Å². The van der Waals surface area contributed by atoms with E-state index < -0.39 is 11.4 Å². The number of aromatic amines is 1. The molecule has 3 aromatic rings. The Morgan fingerprint density at radius 1 is 0.946 bits per heavy atom. The third-order valence-corrected chi connectivity index (χ3v) is 10.7. The molecule has 4 heterocycles. The highest BCUT2D eigenvalue weighted by molar-refractivity contribution is 5.77. The summed E-state index contributed by atoms with van der Waals surface area (Å²) in [4.78, 5) is 36.6. The molecule has 1 aromatic carbocycles. The van der Waals surface area contributed by atoms with Gasteiger partial charge in [-0.15, -0.1) is 0 Å². The van der Waals surface area contributed by atoms with Gasteiger partial charge in [-0.1, -0.05) is 18.6 Å². The number of piperidine rings is 2. The largest absolute Gasteiger partial charge is 0.326 e. The minimum atomic E-state index is -0.585. The van der Waals surface area contributed by atoms with E-state index in [9.17, 15) is 14.0 Å². The van der Waals surface area contributed by atoms with Gasteiger partial charge in [0.1, 0.15) is 11.5 Å². The molecule has 0 spiro atoms. The van der Waals surface area contributed by atoms with Crippen molar-refractivity contribution >= 4 is 11.0 Å². The molecule has 2 saturated heterocycles. The van der Waals surface area contributed by atoms with E-state index in [2.05, 4.69) is 14.9 Å². The lowest BCUT2D eigenvalue weighted by molar-refractivity contribution is -0.0816. The van der Waals surface area contributed by atoms with Crippen molar-refractivity contribution in [3.05, 3.63) is 63.1 Å². The molecule has 192 valence electrons. The lowest BCUT2D eigenvalue weighted by Crippen LogP contribution is -2.63. The third-order valence-electron chi connectivity index (χ3n) is 10.7. The van der Waals surface area contributed by atoms with Crippen LogP contribution < -0.4 is 11.1 Å². The van der Waals surface area contributed by atoms with Gasteiger partial charge in [-0.05, 0) is 93.7 Å². The highest BCUT2D eigenvalue weighted by Gasteiger charge is 2.63. The van der Waals surface area contributed by atoms with E-state index in [1.54, 1.807) is 0 Å². The van der Waals surface area contributed by atoms with E-state index in [-0.39, 0.29) is 22.9 Å². The van der Waals surface area contributed by atoms with Gasteiger partial charge in [0.2, 0.25) is 0 Å². The number of benzene rings is 1. The predicted molar refractivity (Wildman–Crippen MR) is 140 cm³/mol. The second-order valence-electron chi connectivity index (χ2n) is 12.6. The van der Waals surface area contributed by atoms with Gasteiger partial charge in [0.15, 0.2) is 0 Å². The van der Waals surface area contributed by atoms with Crippen LogP contribution in [0, 0.1) is 23.6 Å². The Bertz CT molecular complexity index is 1500. The van der Waals surface area contributed by atoms with Crippen LogP contribution in [0.1, 0.15) is 70.3 Å². The molecular weight excluding hydrogens is 467 g/mol. The van der Waals surface area contributed by atoms with Crippen molar-refractivity contribution in [3.63, 3.8) is 0 Å². The van der Waals surface area contributed by atoms with Crippen molar-refractivity contribution in [2.75, 3.05) is 0 Å². The van der Waals surface area contributed by atoms with Crippen molar-refractivity contribution in [1.82, 2.24) is 19.4 Å². The molecule has 4 unspecified atom stereocenters. The lowest BCUT2D eigenvalue weighted by Gasteiger charge is -2.58. The summed E-state index contributed by atoms with van der Waals surface area (Å²) in [6, 6.07) is 9.84. The summed E-state index contributed by atoms with van der Waals surface area (Å²) >= 11 is 0. The van der Waals surface area contributed by atoms with E-state index in [1.165, 1.54) is 51.4 Å². The Kier molecular flexibility index (Phi) is 4.71. The summed E-state index contributed by atoms with van der Waals surface area (Å²) in [5.41, 5.74) is 1.13. The molecule has 6 aliphatic rings. The number of hydrogen-bond donors (Lipinski definition) is 1. The number of H-pyrrole nitrogens is 1. The fraction of sp³-hybridized carbons (Fsp3) is 0.567. The van der Waals surface area contributed by atoms with Crippen molar-refractivity contribution in [3.8, 4) is 11.3 Å². The summed E-state index contributed by atoms with van der Waals surface area (Å²) in [6.45, 7) is 0. The van der Waals surface area contributed by atoms with Crippen molar-refractivity contribution in [1.29, 1.82) is 0 Å². The molecule has 0 amide bonds. The van der Waals surface area contributed by atoms with E-state index in [1.807, 2.05) is 28.8 Å². The molecule has 1 N–H and O–H groups in total. The number of rotatable bonds is 3. The van der Waals surface area contributed by atoms with Crippen molar-refractivity contribution in [2.45, 2.75) is 87.9 Å². The van der Waals surface area contributed by atoms with Crippen LogP contribution in [-0.4, -0.2) is 37.1 Å². The van der Waals surface area contributed by atoms with Gasteiger partial charge in [0.25, 0.3) is 11.1 Å². The van der Waals surface area contributed by atoms with E-state index >= 15 is 0 Å². The summed E-state index contributed by atoms with van der Waals surface area (Å²) in [5, 5.41) is 0. The molecule has 4 atom stereocenters. The van der Waals surface area contributed by atoms with Crippen molar-refractivity contribution in [2.24, 2.45) is 17.8 Å². The number of para-hydroxylation sites is 2. The predicted octanol–water partition coefficient (Wildman–Crippen LogP) is 5.03. The Morgan fingerprint density at radius 2 is 1.68 bits per heavy atom. The standard InChI is InChI=1S/C30H33FN4O2/c31-20-11-24(28(36)32-16-20)27-29(37)34(26-7-2-1-6-25(26)33-27)23-12-21-4-3-5-22(13-23)35(21)30-14-17-8-18(15-30)10-19(30)9-17/h1-2,6-7,11,16-19,21-23H,3-5,8-10,12-15H2,(H,32,36). The first-order valence-corrected chi connectivity index (χ1v) is 14.2. The number of nitrogens with one attached hydrogen (secondary N) is 1. The second-order valence-corrected chi connectivity index (χ2v) is 12.6. The van der Waals surface area contributed by atoms with Crippen LogP contribution in [0.15, 0.2) is 46.1 Å². The maximum atomic E-state index is 14.1. The number of nitrogens with zero attached hydrogens (tertiary/aromatic N) is 3. The van der Waals surface area contributed by atoms with Gasteiger partial charge < -0.3 is 9.55 Å². The van der Waals surface area contributed by atoms with Crippen molar-refractivity contribution < 1.29 is 4.39 Å². The monoisotopic (exact) mass is 500 g/mol. The smallest absolute Gasteiger partial charge is 0.278 e. The van der Waals surface area contributed by atoms with Crippen LogP contribution >= 0.6 is 0 Å². The molecule has 37 heavy (non-hydrogen) atoms. The average Bonchev–Trinajstić information content (AvgIpc) is 3.28. The van der Waals surface area contributed by atoms with Crippen LogP contribution in [0.25, 0.3) is 22.3 Å². The molecule has 6 fully saturated rings. The highest BCUT2D eigenvalue weighted by atomic mass is 19.1. The minimum Gasteiger partial charge on any atom is -0.326 e. The fourth-order valence-corrected chi connectivity index (χ4v) is 9.79. The Hall–Kier alpha value is -2.80. The third kappa shape index (κ3) is 3.16. The molecule has 4 aliphatic carbocycles. The number of fused-ring (bicyclic) bond motifs is 3.